The standard InChI is InChI=1S/2C17H19N5O10S.2Na/c2*1-16(2,13(26)27)32-21-10(8-6-33-15(18)20-8)11(24)19-7-5-30-22(12(7)25)17(14(28)29)4-3-9(23)31-17;;/h2*6-7H,3-5H2,1-2H3,(H2,18,20)(H,19,24)(H,26,27)(H,28,29);;/q;;2*+1/p-2/b2*21-10-;;/t2*7-,17?;;/m00../s1. The second kappa shape index (κ2) is 22.2. The first-order valence-electron chi connectivity index (χ1n) is 18.6. The van der Waals surface area contributed by atoms with Gasteiger partial charge in [0.1, 0.15) is 48.6 Å². The fraction of sp³-hybridized carbons (Fsp3) is 0.471. The number of hydrogen-bond acceptors (Lipinski definition) is 26. The number of hydroxylamine groups is 4. The SMILES string of the molecule is CC(C)(O/N=C(\C(=O)N[C@H]1CON(C2(C(=O)[O-])CCC(=O)O2)C1=O)c1csc(N)n1)C(=O)O.CC(C)(O/N=C(\C(=O)N[C@H]1CON(C2(C(=O)[O-])CCC(=O)O2)C1=O)c1csc(N)n1)C(=O)O.[Na+].[Na+]. The summed E-state index contributed by atoms with van der Waals surface area (Å²) in [5, 5.41) is 56.8. The van der Waals surface area contributed by atoms with Crippen molar-refractivity contribution < 1.29 is 156 Å². The van der Waals surface area contributed by atoms with Crippen LogP contribution in [0.15, 0.2) is 21.1 Å². The van der Waals surface area contributed by atoms with E-state index in [1.54, 1.807) is 0 Å². The van der Waals surface area contributed by atoms with Gasteiger partial charge in [-0.25, -0.2) is 19.6 Å². The zero-order valence-corrected chi connectivity index (χ0v) is 42.1. The minimum Gasteiger partial charge on any atom is -0.544 e. The van der Waals surface area contributed by atoms with Crippen molar-refractivity contribution in [1.82, 2.24) is 30.7 Å². The van der Waals surface area contributed by atoms with Gasteiger partial charge in [-0.2, -0.15) is 10.1 Å². The molecule has 4 fully saturated rings. The molecule has 4 atom stereocenters. The van der Waals surface area contributed by atoms with Crippen molar-refractivity contribution in [2.45, 2.75) is 88.1 Å². The van der Waals surface area contributed by atoms with Crippen LogP contribution in [0.3, 0.4) is 0 Å². The van der Waals surface area contributed by atoms with Crippen molar-refractivity contribution in [3.8, 4) is 0 Å². The van der Waals surface area contributed by atoms with E-state index in [-0.39, 0.29) is 93.6 Å². The van der Waals surface area contributed by atoms with E-state index >= 15 is 0 Å². The molecule has 4 aliphatic rings. The largest absolute Gasteiger partial charge is 1.00 e. The van der Waals surface area contributed by atoms with E-state index in [9.17, 15) is 58.2 Å². The second-order valence-electron chi connectivity index (χ2n) is 14.8. The average Bonchev–Trinajstić information content (AvgIpc) is 4.11. The number of carbonyl (C=O) groups excluding carboxylic acids is 8. The van der Waals surface area contributed by atoms with E-state index < -0.39 is 132 Å². The maximum atomic E-state index is 12.8. The third-order valence-electron chi connectivity index (χ3n) is 9.26. The summed E-state index contributed by atoms with van der Waals surface area (Å²) < 4.78 is 9.56. The molecule has 6 rings (SSSR count). The molecule has 4 saturated heterocycles. The van der Waals surface area contributed by atoms with Gasteiger partial charge in [0, 0.05) is 23.6 Å². The van der Waals surface area contributed by atoms with Crippen LogP contribution in [-0.4, -0.2) is 149 Å². The molecule has 2 unspecified atom stereocenters. The number of carbonyl (C=O) groups is 10. The van der Waals surface area contributed by atoms with Gasteiger partial charge in [0.15, 0.2) is 21.7 Å². The van der Waals surface area contributed by atoms with Gasteiger partial charge in [-0.05, 0) is 27.7 Å². The van der Waals surface area contributed by atoms with Gasteiger partial charge in [0.25, 0.3) is 35.1 Å². The molecule has 34 heteroatoms. The molecule has 68 heavy (non-hydrogen) atoms. The molecule has 0 saturated carbocycles. The number of cyclic esters (lactones) is 2. The Balaban J connectivity index is 0.000000350. The Hall–Kier alpha value is -5.58. The maximum absolute atomic E-state index is 12.8. The maximum Gasteiger partial charge on any atom is 1.00 e. The number of amides is 4. The number of aliphatic carboxylic acids is 4. The van der Waals surface area contributed by atoms with Gasteiger partial charge in [-0.15, -0.1) is 22.7 Å². The quantitative estimate of drug-likeness (QED) is 0.0393. The fourth-order valence-electron chi connectivity index (χ4n) is 5.54. The van der Waals surface area contributed by atoms with Crippen molar-refractivity contribution in [2.75, 3.05) is 24.7 Å². The van der Waals surface area contributed by atoms with Gasteiger partial charge in [0.2, 0.25) is 11.2 Å². The smallest absolute Gasteiger partial charge is 0.544 e. The van der Waals surface area contributed by atoms with Crippen LogP contribution < -0.4 is 91.4 Å². The van der Waals surface area contributed by atoms with Crippen molar-refractivity contribution in [1.29, 1.82) is 0 Å². The predicted molar refractivity (Wildman–Crippen MR) is 207 cm³/mol. The summed E-state index contributed by atoms with van der Waals surface area (Å²) in [5.74, 6) is -12.3. The number of anilines is 2. The first-order chi connectivity index (χ1) is 30.7. The zero-order chi connectivity index (χ0) is 49.1. The Labute approximate surface area is 433 Å². The molecular weight excluding hydrogens is 979 g/mol. The Morgan fingerprint density at radius 2 is 1.06 bits per heavy atom. The zero-order valence-electron chi connectivity index (χ0n) is 36.4. The number of nitrogens with zero attached hydrogens (tertiary/aromatic N) is 6. The van der Waals surface area contributed by atoms with E-state index in [0.29, 0.717) is 10.1 Å². The number of esters is 2. The average molecular weight is 1010 g/mol. The molecule has 0 aliphatic carbocycles. The molecular formula is C34H36N10Na2O20S2. The van der Waals surface area contributed by atoms with Crippen LogP contribution in [0.5, 0.6) is 0 Å². The number of nitrogens with one attached hydrogen (secondary N) is 2. The molecule has 4 amide bonds. The summed E-state index contributed by atoms with van der Waals surface area (Å²) >= 11 is 1.93. The number of carboxylic acid groups (broad SMARTS) is 4. The van der Waals surface area contributed by atoms with Gasteiger partial charge in [0.05, 0.1) is 12.8 Å². The molecule has 0 bridgehead atoms. The number of nitrogens with two attached hydrogens (primary N) is 2. The Morgan fingerprint density at radius 1 is 0.721 bits per heavy atom. The van der Waals surface area contributed by atoms with Crippen LogP contribution in [0.2, 0.25) is 0 Å². The first-order valence-corrected chi connectivity index (χ1v) is 20.3. The molecule has 2 aromatic heterocycles. The van der Waals surface area contributed by atoms with Crippen LogP contribution >= 0.6 is 22.7 Å². The van der Waals surface area contributed by atoms with Crippen LogP contribution in [0.1, 0.15) is 64.8 Å². The summed E-state index contributed by atoms with van der Waals surface area (Å²) in [4.78, 5) is 148. The van der Waals surface area contributed by atoms with Gasteiger partial charge in [-0.1, -0.05) is 10.3 Å². The van der Waals surface area contributed by atoms with Crippen LogP contribution in [-0.2, 0) is 76.8 Å². The summed E-state index contributed by atoms with van der Waals surface area (Å²) in [6.45, 7) is 3.78. The number of aromatic nitrogens is 2. The number of oxime groups is 2. The number of nitrogen functional groups attached to an aromatic ring is 2. The number of ether oxygens (including phenoxy) is 2. The normalized spacial score (nSPS) is 22.7. The summed E-state index contributed by atoms with van der Waals surface area (Å²) in [7, 11) is 0. The van der Waals surface area contributed by atoms with Crippen molar-refractivity contribution in [3.63, 3.8) is 0 Å². The van der Waals surface area contributed by atoms with E-state index in [0.717, 1.165) is 22.7 Å². The number of rotatable bonds is 16. The number of hydrogen-bond donors (Lipinski definition) is 6. The van der Waals surface area contributed by atoms with E-state index in [1.165, 1.54) is 38.5 Å². The third kappa shape index (κ3) is 12.2. The van der Waals surface area contributed by atoms with Crippen molar-refractivity contribution >= 4 is 104 Å². The topological polar surface area (TPSA) is 446 Å². The van der Waals surface area contributed by atoms with Crippen LogP contribution in [0, 0.1) is 0 Å². The van der Waals surface area contributed by atoms with Crippen molar-refractivity contribution in [2.24, 2.45) is 10.3 Å². The molecule has 2 aromatic rings. The summed E-state index contributed by atoms with van der Waals surface area (Å²) in [5.41, 5.74) is 1.53. The molecule has 0 radical (unpaired) electrons. The number of thiazole rings is 2. The number of carboxylic acids is 4. The van der Waals surface area contributed by atoms with Gasteiger partial charge < -0.3 is 71.3 Å². The Kier molecular flexibility index (Phi) is 18.6. The minimum absolute atomic E-state index is 0. The van der Waals surface area contributed by atoms with E-state index in [4.69, 9.17) is 50.5 Å². The Morgan fingerprint density at radius 3 is 1.31 bits per heavy atom. The molecule has 0 spiro atoms. The molecule has 356 valence electrons. The van der Waals surface area contributed by atoms with Crippen LogP contribution in [0.4, 0.5) is 10.3 Å². The monoisotopic (exact) mass is 1010 g/mol. The summed E-state index contributed by atoms with van der Waals surface area (Å²) in [6, 6.07) is -2.80. The Bertz CT molecular complexity index is 2280. The fourth-order valence-corrected chi connectivity index (χ4v) is 6.63. The predicted octanol–water partition coefficient (Wildman–Crippen LogP) is -11.3. The molecule has 30 nitrogen and oxygen atoms in total. The second-order valence-corrected chi connectivity index (χ2v) is 16.6. The molecule has 0 aromatic carbocycles. The molecule has 8 N–H and O–H groups in total. The third-order valence-corrected chi connectivity index (χ3v) is 10.6. The van der Waals surface area contributed by atoms with E-state index in [2.05, 4.69) is 30.9 Å². The molecule has 4 aliphatic heterocycles. The van der Waals surface area contributed by atoms with Crippen molar-refractivity contribution in [3.05, 3.63) is 22.1 Å². The first kappa shape index (κ1) is 56.7. The van der Waals surface area contributed by atoms with Crippen LogP contribution in [0.25, 0.3) is 0 Å². The van der Waals surface area contributed by atoms with E-state index in [1.807, 2.05) is 0 Å². The minimum atomic E-state index is -2.46. The van der Waals surface area contributed by atoms with Gasteiger partial charge in [-0.3, -0.25) is 38.4 Å². The summed E-state index contributed by atoms with van der Waals surface area (Å²) in [6.07, 6.45) is -1.36. The molecule has 6 heterocycles. The van der Waals surface area contributed by atoms with Gasteiger partial charge >= 0.3 is 83.0 Å².